The predicted octanol–water partition coefficient (Wildman–Crippen LogP) is -0.503. The maximum atomic E-state index is 10.7. The summed E-state index contributed by atoms with van der Waals surface area (Å²) in [5.74, 6) is 0.0199. The van der Waals surface area contributed by atoms with Gasteiger partial charge in [0.2, 0.25) is 10.0 Å². The zero-order valence-electron chi connectivity index (χ0n) is 9.60. The summed E-state index contributed by atoms with van der Waals surface area (Å²) >= 11 is 0. The second kappa shape index (κ2) is 5.42. The maximum absolute atomic E-state index is 10.7. The third-order valence-electron chi connectivity index (χ3n) is 2.21. The van der Waals surface area contributed by atoms with Crippen molar-refractivity contribution in [2.75, 3.05) is 12.3 Å². The lowest BCUT2D eigenvalue weighted by molar-refractivity contribution is 0.590. The van der Waals surface area contributed by atoms with Crippen LogP contribution in [0.15, 0.2) is 6.20 Å². The van der Waals surface area contributed by atoms with Crippen LogP contribution in [0, 0.1) is 6.92 Å². The molecule has 0 unspecified atom stereocenters. The minimum absolute atomic E-state index is 0.0199. The molecule has 1 aromatic heterocycles. The number of hydrogen-bond acceptors (Lipinski definition) is 4. The first-order valence-electron chi connectivity index (χ1n) is 5.09. The molecule has 1 aromatic rings. The Hall–Kier alpha value is -0.920. The Bertz CT molecular complexity index is 438. The summed E-state index contributed by atoms with van der Waals surface area (Å²) in [7, 11) is -1.46. The summed E-state index contributed by atoms with van der Waals surface area (Å²) < 4.78 is 23.1. The molecule has 0 aliphatic carbocycles. The van der Waals surface area contributed by atoms with Gasteiger partial charge < -0.3 is 5.32 Å². The van der Waals surface area contributed by atoms with Crippen molar-refractivity contribution in [1.82, 2.24) is 15.1 Å². The summed E-state index contributed by atoms with van der Waals surface area (Å²) in [4.78, 5) is 0. The van der Waals surface area contributed by atoms with Crippen LogP contribution in [0.4, 0.5) is 0 Å². The van der Waals surface area contributed by atoms with Crippen molar-refractivity contribution < 1.29 is 8.42 Å². The number of nitrogens with one attached hydrogen (secondary N) is 1. The van der Waals surface area contributed by atoms with Crippen LogP contribution >= 0.6 is 0 Å². The van der Waals surface area contributed by atoms with Gasteiger partial charge in [-0.1, -0.05) is 0 Å². The van der Waals surface area contributed by atoms with Crippen LogP contribution in [0.1, 0.15) is 17.7 Å². The summed E-state index contributed by atoms with van der Waals surface area (Å²) in [6.07, 6.45) is 2.47. The van der Waals surface area contributed by atoms with Crippen molar-refractivity contribution in [3.8, 4) is 0 Å². The molecule has 0 radical (unpaired) electrons. The van der Waals surface area contributed by atoms with Crippen molar-refractivity contribution in [3.63, 3.8) is 0 Å². The molecule has 0 aliphatic heterocycles. The molecule has 6 nitrogen and oxygen atoms in total. The number of nitrogens with two attached hydrogens (primary N) is 1. The molecule has 7 heteroatoms. The van der Waals surface area contributed by atoms with Gasteiger partial charge in [0.05, 0.1) is 11.4 Å². The highest BCUT2D eigenvalue weighted by atomic mass is 32.2. The van der Waals surface area contributed by atoms with Gasteiger partial charge in [0.1, 0.15) is 0 Å². The minimum atomic E-state index is -3.33. The molecule has 0 aliphatic rings. The van der Waals surface area contributed by atoms with Crippen LogP contribution in [0.3, 0.4) is 0 Å². The Labute approximate surface area is 95.9 Å². The summed E-state index contributed by atoms with van der Waals surface area (Å²) in [5.41, 5.74) is 2.11. The molecular formula is C9H18N4O2S. The molecular weight excluding hydrogens is 228 g/mol. The largest absolute Gasteiger partial charge is 0.313 e. The summed E-state index contributed by atoms with van der Waals surface area (Å²) in [6.45, 7) is 3.27. The fraction of sp³-hybridized carbons (Fsp3) is 0.667. The Kier molecular flexibility index (Phi) is 4.45. The van der Waals surface area contributed by atoms with Gasteiger partial charge in [-0.25, -0.2) is 13.6 Å². The van der Waals surface area contributed by atoms with Gasteiger partial charge in [0.25, 0.3) is 0 Å². The van der Waals surface area contributed by atoms with Gasteiger partial charge in [-0.2, -0.15) is 5.10 Å². The fourth-order valence-corrected chi connectivity index (χ4v) is 1.99. The SMILES string of the molecule is Cc1nn(C)cc1CNCCCS(N)(=O)=O. The van der Waals surface area contributed by atoms with E-state index >= 15 is 0 Å². The molecule has 0 bridgehead atoms. The number of aryl methyl sites for hydroxylation is 2. The second-order valence-corrected chi connectivity index (χ2v) is 5.54. The molecule has 0 aromatic carbocycles. The smallest absolute Gasteiger partial charge is 0.209 e. The van der Waals surface area contributed by atoms with Crippen LogP contribution in [0.5, 0.6) is 0 Å². The van der Waals surface area contributed by atoms with Crippen LogP contribution < -0.4 is 10.5 Å². The van der Waals surface area contributed by atoms with Crippen molar-refractivity contribution in [3.05, 3.63) is 17.5 Å². The average Bonchev–Trinajstić information content (AvgIpc) is 2.42. The van der Waals surface area contributed by atoms with Gasteiger partial charge >= 0.3 is 0 Å². The summed E-state index contributed by atoms with van der Waals surface area (Å²) in [6, 6.07) is 0. The zero-order valence-corrected chi connectivity index (χ0v) is 10.4. The molecule has 3 N–H and O–H groups in total. The molecule has 0 atom stereocenters. The first-order valence-corrected chi connectivity index (χ1v) is 6.80. The number of nitrogens with zero attached hydrogens (tertiary/aromatic N) is 2. The van der Waals surface area contributed by atoms with Gasteiger partial charge in [0.15, 0.2) is 0 Å². The zero-order chi connectivity index (χ0) is 12.2. The highest BCUT2D eigenvalue weighted by Gasteiger charge is 2.03. The quantitative estimate of drug-likeness (QED) is 0.662. The number of hydrogen-bond donors (Lipinski definition) is 2. The van der Waals surface area contributed by atoms with Crippen LogP contribution in [-0.2, 0) is 23.6 Å². The maximum Gasteiger partial charge on any atom is 0.209 e. The van der Waals surface area contributed by atoms with E-state index in [2.05, 4.69) is 10.4 Å². The molecule has 0 spiro atoms. The molecule has 1 rings (SSSR count). The topological polar surface area (TPSA) is 90.0 Å². The van der Waals surface area contributed by atoms with Crippen molar-refractivity contribution in [1.29, 1.82) is 0 Å². The van der Waals surface area contributed by atoms with Crippen LogP contribution in [0.25, 0.3) is 0 Å². The lowest BCUT2D eigenvalue weighted by atomic mass is 10.2. The Morgan fingerprint density at radius 3 is 2.75 bits per heavy atom. The monoisotopic (exact) mass is 246 g/mol. The standard InChI is InChI=1S/C9H18N4O2S/c1-8-9(7-13(2)12-8)6-11-4-3-5-16(10,14)15/h7,11H,3-6H2,1-2H3,(H2,10,14,15). The van der Waals surface area contributed by atoms with E-state index in [1.165, 1.54) is 0 Å². The first-order chi connectivity index (χ1) is 7.38. The Balaban J connectivity index is 2.24. The molecule has 0 saturated carbocycles. The number of sulfonamides is 1. The van der Waals surface area contributed by atoms with Gasteiger partial charge in [-0.3, -0.25) is 4.68 Å². The number of primary sulfonamides is 1. The second-order valence-electron chi connectivity index (χ2n) is 3.81. The van der Waals surface area contributed by atoms with Crippen LogP contribution in [0.2, 0.25) is 0 Å². The predicted molar refractivity (Wildman–Crippen MR) is 62.2 cm³/mol. The van der Waals surface area contributed by atoms with Crippen LogP contribution in [-0.4, -0.2) is 30.5 Å². The molecule has 0 amide bonds. The van der Waals surface area contributed by atoms with Gasteiger partial charge in [0, 0.05) is 25.4 Å². The van der Waals surface area contributed by atoms with E-state index < -0.39 is 10.0 Å². The highest BCUT2D eigenvalue weighted by molar-refractivity contribution is 7.89. The highest BCUT2D eigenvalue weighted by Crippen LogP contribution is 2.03. The van der Waals surface area contributed by atoms with E-state index in [9.17, 15) is 8.42 Å². The van der Waals surface area contributed by atoms with Crippen molar-refractivity contribution in [2.45, 2.75) is 19.9 Å². The molecule has 0 saturated heterocycles. The number of rotatable bonds is 6. The van der Waals surface area contributed by atoms with Gasteiger partial charge in [-0.05, 0) is 19.9 Å². The normalized spacial score (nSPS) is 11.9. The number of aromatic nitrogens is 2. The molecule has 16 heavy (non-hydrogen) atoms. The third-order valence-corrected chi connectivity index (χ3v) is 3.07. The Morgan fingerprint density at radius 1 is 1.56 bits per heavy atom. The minimum Gasteiger partial charge on any atom is -0.313 e. The third kappa shape index (κ3) is 4.73. The van der Waals surface area contributed by atoms with E-state index in [0.717, 1.165) is 11.3 Å². The van der Waals surface area contributed by atoms with Crippen molar-refractivity contribution >= 4 is 10.0 Å². The first kappa shape index (κ1) is 13.1. The molecule has 1 heterocycles. The average molecular weight is 246 g/mol. The molecule has 0 fully saturated rings. The van der Waals surface area contributed by atoms with Crippen molar-refractivity contribution in [2.24, 2.45) is 12.2 Å². The Morgan fingerprint density at radius 2 is 2.25 bits per heavy atom. The van der Waals surface area contributed by atoms with E-state index in [1.54, 1.807) is 4.68 Å². The van der Waals surface area contributed by atoms with E-state index in [0.29, 0.717) is 19.5 Å². The van der Waals surface area contributed by atoms with E-state index in [4.69, 9.17) is 5.14 Å². The summed E-state index contributed by atoms with van der Waals surface area (Å²) in [5, 5.41) is 12.3. The van der Waals surface area contributed by atoms with E-state index in [1.807, 2.05) is 20.2 Å². The lowest BCUT2D eigenvalue weighted by Crippen LogP contribution is -2.22. The fourth-order valence-electron chi connectivity index (χ4n) is 1.44. The lowest BCUT2D eigenvalue weighted by Gasteiger charge is -2.02. The van der Waals surface area contributed by atoms with E-state index in [-0.39, 0.29) is 5.75 Å². The van der Waals surface area contributed by atoms with Gasteiger partial charge in [-0.15, -0.1) is 0 Å². The molecule has 92 valence electrons.